The molecule has 180 valence electrons. The molecule has 2 rings (SSSR count). The maximum absolute atomic E-state index is 13.3. The van der Waals surface area contributed by atoms with Crippen LogP contribution in [0.1, 0.15) is 75.3 Å². The van der Waals surface area contributed by atoms with Crippen molar-refractivity contribution in [3.8, 4) is 5.75 Å². The molecule has 1 amide bonds. The zero-order chi connectivity index (χ0) is 25.0. The highest BCUT2D eigenvalue weighted by atomic mass is 32.1. The highest BCUT2D eigenvalue weighted by Crippen LogP contribution is 2.33. The van der Waals surface area contributed by atoms with Crippen LogP contribution in [0.5, 0.6) is 5.75 Å². The van der Waals surface area contributed by atoms with Gasteiger partial charge in [-0.25, -0.2) is 4.68 Å². The van der Waals surface area contributed by atoms with Crippen LogP contribution in [0.15, 0.2) is 28.3 Å². The van der Waals surface area contributed by atoms with E-state index in [0.717, 1.165) is 30.0 Å². The quantitative estimate of drug-likeness (QED) is 0.402. The molecule has 0 aliphatic heterocycles. The number of hydrogen-bond acceptors (Lipinski definition) is 6. The van der Waals surface area contributed by atoms with Crippen LogP contribution in [0, 0.1) is 0 Å². The summed E-state index contributed by atoms with van der Waals surface area (Å²) in [7, 11) is 0. The molecule has 7 nitrogen and oxygen atoms in total. The maximum atomic E-state index is 13.3. The molecule has 1 aromatic carbocycles. The summed E-state index contributed by atoms with van der Waals surface area (Å²) in [5.74, 6) is -1.55. The van der Waals surface area contributed by atoms with Gasteiger partial charge in [0.15, 0.2) is 11.5 Å². The normalized spacial score (nSPS) is 13.4. The molecule has 0 N–H and O–H groups in total. The third-order valence-electron chi connectivity index (χ3n) is 4.51. The minimum absolute atomic E-state index is 0.0000751. The van der Waals surface area contributed by atoms with Crippen molar-refractivity contribution in [1.29, 1.82) is 0 Å². The predicted octanol–water partition coefficient (Wildman–Crippen LogP) is 5.15. The highest BCUT2D eigenvalue weighted by Gasteiger charge is 2.32. The number of benzene rings is 1. The summed E-state index contributed by atoms with van der Waals surface area (Å²) < 4.78 is 41.4. The molecule has 1 heterocycles. The highest BCUT2D eigenvalue weighted by molar-refractivity contribution is 7.09. The summed E-state index contributed by atoms with van der Waals surface area (Å²) in [6.07, 6.45) is -2.98. The van der Waals surface area contributed by atoms with Gasteiger partial charge >= 0.3 is 6.18 Å². The number of hydrogen-bond donors (Lipinski definition) is 0. The fraction of sp³-hybridized carbons (Fsp3) is 0.500. The second-order valence-electron chi connectivity index (χ2n) is 8.47. The minimum atomic E-state index is -4.67. The number of carbonyl (C=O) groups excluding carboxylic acids is 2. The van der Waals surface area contributed by atoms with Crippen molar-refractivity contribution in [2.75, 3.05) is 0 Å². The van der Waals surface area contributed by atoms with Gasteiger partial charge in [0, 0.05) is 18.9 Å². The van der Waals surface area contributed by atoms with E-state index in [2.05, 4.69) is 15.2 Å². The molecule has 0 unspecified atom stereocenters. The Kier molecular flexibility index (Phi) is 8.34. The van der Waals surface area contributed by atoms with Crippen LogP contribution in [0.3, 0.4) is 0 Å². The van der Waals surface area contributed by atoms with Crippen LogP contribution in [0.4, 0.5) is 13.2 Å². The van der Waals surface area contributed by atoms with E-state index in [-0.39, 0.29) is 27.5 Å². The summed E-state index contributed by atoms with van der Waals surface area (Å²) in [6.45, 7) is 11.1. The molecule has 0 radical (unpaired) electrons. The van der Waals surface area contributed by atoms with Gasteiger partial charge in [-0.05, 0) is 31.5 Å². The summed E-state index contributed by atoms with van der Waals surface area (Å²) in [5.41, 5.74) is -1.74. The van der Waals surface area contributed by atoms with Gasteiger partial charge in [-0.15, -0.1) is 0 Å². The Balaban J connectivity index is 2.61. The van der Waals surface area contributed by atoms with E-state index in [1.807, 2.05) is 27.7 Å². The van der Waals surface area contributed by atoms with Gasteiger partial charge in [-0.1, -0.05) is 50.6 Å². The standard InChI is InChI=1S/C22H27F3N4O3S/c1-7-8-11-29-20(33-19(27-29)21(4,5)6)26-18(31)16-12-15(22(23,24)25)9-10-17(16)32-28-13(2)14(3)30/h9-10,12H,7-8,11H2,1-6H3. The van der Waals surface area contributed by atoms with Crippen molar-refractivity contribution >= 4 is 28.7 Å². The number of nitrogens with zero attached hydrogens (tertiary/aromatic N) is 4. The van der Waals surface area contributed by atoms with Crippen LogP contribution in [-0.4, -0.2) is 27.2 Å². The number of halogens is 3. The van der Waals surface area contributed by atoms with E-state index in [4.69, 9.17) is 4.84 Å². The van der Waals surface area contributed by atoms with Crippen LogP contribution in [0.2, 0.25) is 0 Å². The van der Waals surface area contributed by atoms with Crippen molar-refractivity contribution in [3.63, 3.8) is 0 Å². The summed E-state index contributed by atoms with van der Waals surface area (Å²) in [4.78, 5) is 33.9. The van der Waals surface area contributed by atoms with Gasteiger partial charge in [-0.2, -0.15) is 23.3 Å². The first-order valence-electron chi connectivity index (χ1n) is 10.3. The van der Waals surface area contributed by atoms with Gasteiger partial charge in [0.25, 0.3) is 5.91 Å². The maximum Gasteiger partial charge on any atom is 0.416 e. The van der Waals surface area contributed by atoms with Crippen LogP contribution < -0.4 is 9.64 Å². The van der Waals surface area contributed by atoms with Crippen molar-refractivity contribution in [2.45, 2.75) is 72.5 Å². The SMILES string of the molecule is CCCCn1nc(C(C)(C)C)sc1=NC(=O)c1cc(C(F)(F)F)ccc1ON=C(C)C(C)=O. The van der Waals surface area contributed by atoms with Gasteiger partial charge in [0.1, 0.15) is 10.7 Å². The second kappa shape index (κ2) is 10.4. The van der Waals surface area contributed by atoms with Crippen molar-refractivity contribution < 1.29 is 27.6 Å². The number of aromatic nitrogens is 2. The van der Waals surface area contributed by atoms with E-state index in [0.29, 0.717) is 12.6 Å². The molecule has 2 aromatic rings. The Bertz CT molecular complexity index is 1130. The number of unbranched alkanes of at least 4 members (excludes halogenated alkanes) is 1. The smallest absolute Gasteiger partial charge is 0.356 e. The Morgan fingerprint density at radius 2 is 1.85 bits per heavy atom. The first-order chi connectivity index (χ1) is 15.2. The van der Waals surface area contributed by atoms with Crippen LogP contribution in [-0.2, 0) is 22.9 Å². The van der Waals surface area contributed by atoms with E-state index in [9.17, 15) is 22.8 Å². The molecule has 1 aromatic heterocycles. The first kappa shape index (κ1) is 26.4. The number of aryl methyl sites for hydroxylation is 1. The Hall–Kier alpha value is -2.82. The number of carbonyl (C=O) groups is 2. The van der Waals surface area contributed by atoms with Crippen LogP contribution in [0.25, 0.3) is 0 Å². The fourth-order valence-corrected chi connectivity index (χ4v) is 3.42. The number of alkyl halides is 3. The predicted molar refractivity (Wildman–Crippen MR) is 119 cm³/mol. The molecule has 0 bridgehead atoms. The molecule has 0 spiro atoms. The molecule has 0 aliphatic rings. The van der Waals surface area contributed by atoms with Gasteiger partial charge in [0.2, 0.25) is 4.80 Å². The average Bonchev–Trinajstić information content (AvgIpc) is 3.12. The number of amides is 1. The summed E-state index contributed by atoms with van der Waals surface area (Å²) in [5, 5.41) is 8.89. The van der Waals surface area contributed by atoms with E-state index in [1.54, 1.807) is 4.68 Å². The molecule has 33 heavy (non-hydrogen) atoms. The molecule has 0 saturated heterocycles. The van der Waals surface area contributed by atoms with Crippen molar-refractivity contribution in [1.82, 2.24) is 9.78 Å². The number of oxime groups is 1. The zero-order valence-corrected chi connectivity index (χ0v) is 20.2. The minimum Gasteiger partial charge on any atom is -0.356 e. The third-order valence-corrected chi connectivity index (χ3v) is 5.88. The topological polar surface area (TPSA) is 85.9 Å². The monoisotopic (exact) mass is 484 g/mol. The van der Waals surface area contributed by atoms with Crippen molar-refractivity contribution in [2.24, 2.45) is 10.1 Å². The summed E-state index contributed by atoms with van der Waals surface area (Å²) >= 11 is 1.21. The van der Waals surface area contributed by atoms with E-state index >= 15 is 0 Å². The molecule has 0 saturated carbocycles. The fourth-order valence-electron chi connectivity index (χ4n) is 2.43. The molecule has 0 fully saturated rings. The van der Waals surface area contributed by atoms with Gasteiger partial charge in [-0.3, -0.25) is 9.59 Å². The molecular formula is C22H27F3N4O3S. The zero-order valence-electron chi connectivity index (χ0n) is 19.4. The lowest BCUT2D eigenvalue weighted by Gasteiger charge is -2.12. The van der Waals surface area contributed by atoms with Gasteiger partial charge in [0.05, 0.1) is 11.1 Å². The van der Waals surface area contributed by atoms with Crippen molar-refractivity contribution in [3.05, 3.63) is 39.1 Å². The second-order valence-corrected chi connectivity index (χ2v) is 9.42. The lowest BCUT2D eigenvalue weighted by atomic mass is 9.98. The Morgan fingerprint density at radius 1 is 1.18 bits per heavy atom. The van der Waals surface area contributed by atoms with Crippen LogP contribution >= 0.6 is 11.3 Å². The number of ketones is 1. The summed E-state index contributed by atoms with van der Waals surface area (Å²) in [6, 6.07) is 2.43. The van der Waals surface area contributed by atoms with E-state index in [1.165, 1.54) is 25.2 Å². The lowest BCUT2D eigenvalue weighted by molar-refractivity contribution is -0.137. The Labute approximate surface area is 194 Å². The molecule has 0 aliphatic carbocycles. The number of rotatable bonds is 7. The first-order valence-corrected chi connectivity index (χ1v) is 11.2. The lowest BCUT2D eigenvalue weighted by Crippen LogP contribution is -2.19. The third kappa shape index (κ3) is 7.08. The largest absolute Gasteiger partial charge is 0.416 e. The number of Topliss-reactive ketones (excluding diaryl/α,β-unsaturated/α-hetero) is 1. The van der Waals surface area contributed by atoms with Gasteiger partial charge < -0.3 is 4.84 Å². The molecule has 0 atom stereocenters. The van der Waals surface area contributed by atoms with E-state index < -0.39 is 23.2 Å². The molecule has 11 heteroatoms. The average molecular weight is 485 g/mol. The molecular weight excluding hydrogens is 457 g/mol. The Morgan fingerprint density at radius 3 is 2.39 bits per heavy atom.